The Bertz CT molecular complexity index is 615. The molecule has 2 rings (SSSR count). The Labute approximate surface area is 145 Å². The number of aliphatic hydroxyl groups excluding tert-OH is 1. The van der Waals surface area contributed by atoms with Crippen molar-refractivity contribution in [3.8, 4) is 11.5 Å². The zero-order valence-corrected chi connectivity index (χ0v) is 16.0. The summed E-state index contributed by atoms with van der Waals surface area (Å²) in [7, 11) is -1.61. The van der Waals surface area contributed by atoms with Gasteiger partial charge in [-0.15, -0.1) is 5.54 Å². The monoisotopic (exact) mass is 345 g/mol. The Kier molecular flexibility index (Phi) is 6.08. The summed E-state index contributed by atoms with van der Waals surface area (Å²) in [6, 6.07) is 9.06. The van der Waals surface area contributed by atoms with E-state index in [1.807, 2.05) is 37.3 Å². The molecule has 4 nitrogen and oxygen atoms in total. The highest BCUT2D eigenvalue weighted by molar-refractivity contribution is 6.83. The standard InChI is InChI=1S/C19H27NO3Si/c1-5-9-18(21)16(12-13-24(2,3)4)20-17(14-23-19(20)22)15-10-7-6-8-11-15/h6-8,10-11,16-18,21H,5,9,14H2,1-4H3/t16-,17+,18-/m1/s1. The van der Waals surface area contributed by atoms with Crippen molar-refractivity contribution in [2.45, 2.75) is 57.6 Å². The second kappa shape index (κ2) is 7.87. The molecule has 1 aromatic carbocycles. The van der Waals surface area contributed by atoms with Crippen LogP contribution in [0.25, 0.3) is 0 Å². The molecule has 0 bridgehead atoms. The molecular weight excluding hydrogens is 318 g/mol. The molecule has 1 heterocycles. The van der Waals surface area contributed by atoms with Crippen molar-refractivity contribution in [2.75, 3.05) is 6.61 Å². The van der Waals surface area contributed by atoms with Crippen LogP contribution in [0.1, 0.15) is 31.4 Å². The number of nitrogens with zero attached hydrogens (tertiary/aromatic N) is 1. The van der Waals surface area contributed by atoms with Gasteiger partial charge in [0.05, 0.1) is 12.1 Å². The molecule has 1 amide bonds. The average Bonchev–Trinajstić information content (AvgIpc) is 2.89. The molecule has 0 radical (unpaired) electrons. The van der Waals surface area contributed by atoms with Gasteiger partial charge in [-0.05, 0) is 12.0 Å². The molecule has 0 saturated carbocycles. The number of cyclic esters (lactones) is 1. The van der Waals surface area contributed by atoms with Crippen molar-refractivity contribution in [1.82, 2.24) is 4.90 Å². The molecule has 1 fully saturated rings. The largest absolute Gasteiger partial charge is 0.447 e. The summed E-state index contributed by atoms with van der Waals surface area (Å²) in [5, 5.41) is 10.6. The summed E-state index contributed by atoms with van der Waals surface area (Å²) in [5.74, 6) is 3.20. The van der Waals surface area contributed by atoms with Gasteiger partial charge >= 0.3 is 6.09 Å². The van der Waals surface area contributed by atoms with Crippen LogP contribution < -0.4 is 0 Å². The van der Waals surface area contributed by atoms with Gasteiger partial charge in [-0.2, -0.15) is 0 Å². The van der Waals surface area contributed by atoms with Crippen LogP contribution in [-0.2, 0) is 4.74 Å². The molecule has 5 heteroatoms. The Balaban J connectivity index is 2.37. The lowest BCUT2D eigenvalue weighted by Crippen LogP contribution is -2.45. The van der Waals surface area contributed by atoms with E-state index in [1.165, 1.54) is 0 Å². The number of amides is 1. The van der Waals surface area contributed by atoms with Crippen LogP contribution in [-0.4, -0.2) is 42.9 Å². The van der Waals surface area contributed by atoms with E-state index in [0.717, 1.165) is 12.0 Å². The molecule has 130 valence electrons. The number of aliphatic hydroxyl groups is 1. The molecule has 1 aliphatic rings. The van der Waals surface area contributed by atoms with Gasteiger partial charge in [-0.3, -0.25) is 4.90 Å². The highest BCUT2D eigenvalue weighted by Gasteiger charge is 2.41. The van der Waals surface area contributed by atoms with E-state index in [4.69, 9.17) is 4.74 Å². The maximum Gasteiger partial charge on any atom is 0.411 e. The highest BCUT2D eigenvalue weighted by atomic mass is 28.3. The zero-order valence-electron chi connectivity index (χ0n) is 15.0. The minimum atomic E-state index is -1.61. The molecule has 24 heavy (non-hydrogen) atoms. The van der Waals surface area contributed by atoms with E-state index in [-0.39, 0.29) is 6.04 Å². The number of ether oxygens (including phenoxy) is 1. The first-order valence-corrected chi connectivity index (χ1v) is 12.0. The molecular formula is C19H27NO3Si. The molecule has 1 N–H and O–H groups in total. The van der Waals surface area contributed by atoms with Crippen LogP contribution in [0.2, 0.25) is 19.6 Å². The number of hydrogen-bond acceptors (Lipinski definition) is 3. The number of carbonyl (C=O) groups excluding carboxylic acids is 1. The van der Waals surface area contributed by atoms with Crippen molar-refractivity contribution in [2.24, 2.45) is 0 Å². The van der Waals surface area contributed by atoms with Crippen molar-refractivity contribution in [3.63, 3.8) is 0 Å². The molecule has 0 aliphatic carbocycles. The summed E-state index contributed by atoms with van der Waals surface area (Å²) in [5.41, 5.74) is 4.32. The smallest absolute Gasteiger partial charge is 0.411 e. The first kappa shape index (κ1) is 18.6. The highest BCUT2D eigenvalue weighted by Crippen LogP contribution is 2.31. The molecule has 0 spiro atoms. The van der Waals surface area contributed by atoms with Gasteiger partial charge in [0.2, 0.25) is 0 Å². The molecule has 1 saturated heterocycles. The maximum absolute atomic E-state index is 12.4. The fourth-order valence-electron chi connectivity index (χ4n) is 2.77. The lowest BCUT2D eigenvalue weighted by molar-refractivity contribution is 0.0758. The van der Waals surface area contributed by atoms with Gasteiger partial charge in [0, 0.05) is 0 Å². The van der Waals surface area contributed by atoms with Crippen LogP contribution in [0.3, 0.4) is 0 Å². The maximum atomic E-state index is 12.4. The van der Waals surface area contributed by atoms with Crippen molar-refractivity contribution >= 4 is 14.2 Å². The van der Waals surface area contributed by atoms with E-state index in [9.17, 15) is 9.90 Å². The van der Waals surface area contributed by atoms with Crippen LogP contribution in [0.15, 0.2) is 30.3 Å². The van der Waals surface area contributed by atoms with Gasteiger partial charge in [0.15, 0.2) is 0 Å². The zero-order chi connectivity index (χ0) is 17.7. The van der Waals surface area contributed by atoms with Gasteiger partial charge in [-0.25, -0.2) is 4.79 Å². The minimum absolute atomic E-state index is 0.203. The van der Waals surface area contributed by atoms with Gasteiger partial charge in [-0.1, -0.05) is 69.2 Å². The van der Waals surface area contributed by atoms with E-state index >= 15 is 0 Å². The Morgan fingerprint density at radius 1 is 1.33 bits per heavy atom. The number of hydrogen-bond donors (Lipinski definition) is 1. The van der Waals surface area contributed by atoms with E-state index in [2.05, 4.69) is 31.1 Å². The van der Waals surface area contributed by atoms with Gasteiger partial charge in [0.25, 0.3) is 0 Å². The Morgan fingerprint density at radius 3 is 2.58 bits per heavy atom. The Morgan fingerprint density at radius 2 is 2.00 bits per heavy atom. The van der Waals surface area contributed by atoms with Gasteiger partial charge < -0.3 is 9.84 Å². The lowest BCUT2D eigenvalue weighted by atomic mass is 10.0. The van der Waals surface area contributed by atoms with Gasteiger partial charge in [0.1, 0.15) is 20.7 Å². The molecule has 0 unspecified atom stereocenters. The second-order valence-corrected chi connectivity index (χ2v) is 12.0. The average molecular weight is 346 g/mol. The van der Waals surface area contributed by atoms with E-state index in [1.54, 1.807) is 4.90 Å². The predicted octanol–water partition coefficient (Wildman–Crippen LogP) is 3.59. The van der Waals surface area contributed by atoms with Crippen LogP contribution in [0, 0.1) is 11.5 Å². The number of rotatable bonds is 5. The molecule has 1 aromatic rings. The van der Waals surface area contributed by atoms with Crippen molar-refractivity contribution in [1.29, 1.82) is 0 Å². The lowest BCUT2D eigenvalue weighted by Gasteiger charge is -2.31. The van der Waals surface area contributed by atoms with Crippen LogP contribution in [0.5, 0.6) is 0 Å². The topological polar surface area (TPSA) is 49.8 Å². The normalized spacial score (nSPS) is 20.1. The number of benzene rings is 1. The molecule has 0 aromatic heterocycles. The molecule has 1 aliphatic heterocycles. The quantitative estimate of drug-likeness (QED) is 0.655. The summed E-state index contributed by atoms with van der Waals surface area (Å²) < 4.78 is 5.29. The molecule has 3 atom stereocenters. The summed E-state index contributed by atoms with van der Waals surface area (Å²) in [6.07, 6.45) is 0.381. The third-order valence-electron chi connectivity index (χ3n) is 3.94. The summed E-state index contributed by atoms with van der Waals surface area (Å²) in [6.45, 7) is 8.77. The predicted molar refractivity (Wildman–Crippen MR) is 98.2 cm³/mol. The van der Waals surface area contributed by atoms with E-state index in [0.29, 0.717) is 13.0 Å². The summed E-state index contributed by atoms with van der Waals surface area (Å²) >= 11 is 0. The third kappa shape index (κ3) is 4.62. The van der Waals surface area contributed by atoms with Crippen molar-refractivity contribution in [3.05, 3.63) is 35.9 Å². The fraction of sp³-hybridized carbons (Fsp3) is 0.526. The Hall–Kier alpha value is -1.77. The van der Waals surface area contributed by atoms with E-state index < -0.39 is 26.3 Å². The van der Waals surface area contributed by atoms with Crippen LogP contribution >= 0.6 is 0 Å². The minimum Gasteiger partial charge on any atom is -0.447 e. The van der Waals surface area contributed by atoms with Crippen LogP contribution in [0.4, 0.5) is 4.79 Å². The first-order chi connectivity index (χ1) is 11.3. The summed E-state index contributed by atoms with van der Waals surface area (Å²) in [4.78, 5) is 14.0. The SMILES string of the molecule is CCC[C@@H](O)[C@@H](C#C[Si](C)(C)C)N1C(=O)OC[C@H]1c1ccccc1. The first-order valence-electron chi connectivity index (χ1n) is 8.54. The number of carbonyl (C=O) groups is 1. The second-order valence-electron chi connectivity index (χ2n) is 7.23. The third-order valence-corrected chi connectivity index (χ3v) is 4.83. The van der Waals surface area contributed by atoms with Crippen molar-refractivity contribution < 1.29 is 14.6 Å². The fourth-order valence-corrected chi connectivity index (χ4v) is 3.35.